The van der Waals surface area contributed by atoms with Crippen LogP contribution < -0.4 is 30.9 Å². The largest absolute Gasteiger partial charge is 0.507 e. The second-order valence-corrected chi connectivity index (χ2v) is 21.5. The maximum atomic E-state index is 14.1. The molecule has 4 aliphatic heterocycles. The number of aliphatic hydroxyl groups is 1. The number of carbonyl (C=O) groups excluding carboxylic acids is 3. The Balaban J connectivity index is 0.690. The van der Waals surface area contributed by atoms with Crippen LogP contribution in [-0.2, 0) is 20.9 Å². The predicted octanol–water partition coefficient (Wildman–Crippen LogP) is 4.70. The summed E-state index contributed by atoms with van der Waals surface area (Å²) in [7, 11) is 0. The first kappa shape index (κ1) is 50.5. The SMILES string of the molecule is Cc1ncsc1-c1ccc(CNC(=O)[C@@H]2C[C@@H](O)CN2C(=O)[C@@H](NC(=O)CCCN2CCN(CCOc3cc(N4[C@@H]5CC[C@H]4CN(c4cc(-c6ccccc6O)nnc4N)C5)ccn3)CC2)C(C)(C)C)cc1. The van der Waals surface area contributed by atoms with E-state index in [1.165, 1.54) is 4.90 Å². The van der Waals surface area contributed by atoms with E-state index in [0.29, 0.717) is 36.0 Å². The van der Waals surface area contributed by atoms with Gasteiger partial charge in [0, 0.05) is 107 Å². The van der Waals surface area contributed by atoms with Crippen LogP contribution in [0.25, 0.3) is 21.7 Å². The topological polar surface area (TPSA) is 219 Å². The summed E-state index contributed by atoms with van der Waals surface area (Å²) >= 11 is 1.58. The van der Waals surface area contributed by atoms with Crippen molar-refractivity contribution in [1.29, 1.82) is 0 Å². The number of nitrogens with one attached hydrogen (secondary N) is 2. The summed E-state index contributed by atoms with van der Waals surface area (Å²) in [5, 5.41) is 35.6. The Morgan fingerprint density at radius 3 is 2.33 bits per heavy atom. The fraction of sp³-hybridized carbons (Fsp3) is 0.491. The van der Waals surface area contributed by atoms with Gasteiger partial charge in [0.25, 0.3) is 0 Å². The summed E-state index contributed by atoms with van der Waals surface area (Å²) in [4.78, 5) is 62.0. The molecule has 3 amide bonds. The third kappa shape index (κ3) is 11.8. The van der Waals surface area contributed by atoms with E-state index in [-0.39, 0.29) is 61.5 Å². The number of rotatable bonds is 17. The van der Waals surface area contributed by atoms with Gasteiger partial charge in [-0.15, -0.1) is 21.5 Å². The third-order valence-corrected chi connectivity index (χ3v) is 15.5. The lowest BCUT2D eigenvalue weighted by atomic mass is 9.85. The molecule has 382 valence electrons. The summed E-state index contributed by atoms with van der Waals surface area (Å²) in [5.41, 5.74) is 13.7. The molecule has 7 heterocycles. The average Bonchev–Trinajstić information content (AvgIpc) is 4.06. The maximum Gasteiger partial charge on any atom is 0.246 e. The van der Waals surface area contributed by atoms with Gasteiger partial charge in [-0.3, -0.25) is 19.3 Å². The number of anilines is 3. The van der Waals surface area contributed by atoms with E-state index in [2.05, 4.69) is 56.5 Å². The minimum Gasteiger partial charge on any atom is -0.507 e. The van der Waals surface area contributed by atoms with Gasteiger partial charge in [0.05, 0.1) is 33.6 Å². The van der Waals surface area contributed by atoms with E-state index >= 15 is 0 Å². The van der Waals surface area contributed by atoms with Crippen LogP contribution in [0.4, 0.5) is 17.2 Å². The van der Waals surface area contributed by atoms with Crippen molar-refractivity contribution in [2.75, 3.05) is 81.0 Å². The molecule has 5 aromatic rings. The van der Waals surface area contributed by atoms with Crippen molar-refractivity contribution in [2.24, 2.45) is 5.41 Å². The molecule has 5 atom stereocenters. The Hall–Kier alpha value is -6.41. The molecule has 19 heteroatoms. The number of phenolic OH excluding ortho intramolecular Hbond substituents is 1. The predicted molar refractivity (Wildman–Crippen MR) is 279 cm³/mol. The van der Waals surface area contributed by atoms with Crippen molar-refractivity contribution in [3.05, 3.63) is 89.7 Å². The van der Waals surface area contributed by atoms with Gasteiger partial charge in [0.2, 0.25) is 23.6 Å². The second-order valence-electron chi connectivity index (χ2n) is 20.6. The lowest BCUT2D eigenvalue weighted by Gasteiger charge is -2.43. The number of aromatic hydroxyl groups is 1. The number of hydrogen-bond donors (Lipinski definition) is 5. The van der Waals surface area contributed by atoms with Gasteiger partial charge in [0.15, 0.2) is 5.82 Å². The van der Waals surface area contributed by atoms with Gasteiger partial charge in [0.1, 0.15) is 24.4 Å². The quantitative estimate of drug-likeness (QED) is 0.0853. The summed E-state index contributed by atoms with van der Waals surface area (Å²) in [6.45, 7) is 15.1. The number of aryl methyl sites for hydroxylation is 1. The lowest BCUT2D eigenvalue weighted by Crippen LogP contribution is -2.57. The van der Waals surface area contributed by atoms with Gasteiger partial charge in [-0.05, 0) is 73.5 Å². The molecule has 4 aliphatic rings. The molecule has 0 aliphatic carbocycles. The molecule has 18 nitrogen and oxygen atoms in total. The molecule has 9 rings (SSSR count). The highest BCUT2D eigenvalue weighted by atomic mass is 32.1. The molecule has 0 radical (unpaired) electrons. The number of aliphatic hydroxyl groups excluding tert-OH is 1. The number of hydrogen-bond acceptors (Lipinski definition) is 16. The first-order chi connectivity index (χ1) is 34.7. The summed E-state index contributed by atoms with van der Waals surface area (Å²) in [6, 6.07) is 20.0. The average molecular weight is 1000 g/mol. The van der Waals surface area contributed by atoms with Crippen LogP contribution in [0.15, 0.2) is 78.4 Å². The van der Waals surface area contributed by atoms with E-state index in [0.717, 1.165) is 98.3 Å². The molecular formula is C53H68N12O6S. The maximum absolute atomic E-state index is 14.1. The number of ether oxygens (including phenoxy) is 1. The Morgan fingerprint density at radius 2 is 1.64 bits per heavy atom. The zero-order valence-corrected chi connectivity index (χ0v) is 42.6. The Morgan fingerprint density at radius 1 is 0.917 bits per heavy atom. The van der Waals surface area contributed by atoms with Crippen molar-refractivity contribution in [3.8, 4) is 33.3 Å². The summed E-state index contributed by atoms with van der Waals surface area (Å²) in [5.74, 6) is 0.226. The number of piperazine rings is 2. The number of fused-ring (bicyclic) bond motifs is 2. The van der Waals surface area contributed by atoms with Gasteiger partial charge in [-0.2, -0.15) is 0 Å². The number of phenols is 1. The Bertz CT molecular complexity index is 2680. The molecule has 0 saturated carbocycles. The van der Waals surface area contributed by atoms with Crippen molar-refractivity contribution < 1.29 is 29.3 Å². The first-order valence-corrected chi connectivity index (χ1v) is 26.1. The number of nitrogen functional groups attached to an aromatic ring is 1. The van der Waals surface area contributed by atoms with E-state index in [1.54, 1.807) is 23.5 Å². The molecule has 4 fully saturated rings. The Kier molecular flexibility index (Phi) is 15.5. The molecule has 6 N–H and O–H groups in total. The molecule has 3 aromatic heterocycles. The molecular weight excluding hydrogens is 933 g/mol. The molecule has 2 aromatic carbocycles. The molecule has 0 unspecified atom stereocenters. The first-order valence-electron chi connectivity index (χ1n) is 25.2. The minimum absolute atomic E-state index is 0.0269. The van der Waals surface area contributed by atoms with Crippen molar-refractivity contribution >= 4 is 46.3 Å². The van der Waals surface area contributed by atoms with Crippen molar-refractivity contribution in [2.45, 2.75) is 96.6 Å². The normalized spacial score (nSPS) is 20.9. The monoisotopic (exact) mass is 1000 g/mol. The summed E-state index contributed by atoms with van der Waals surface area (Å²) < 4.78 is 6.23. The number of amides is 3. The lowest BCUT2D eigenvalue weighted by molar-refractivity contribution is -0.144. The fourth-order valence-electron chi connectivity index (χ4n) is 10.6. The Labute approximate surface area is 425 Å². The van der Waals surface area contributed by atoms with Crippen LogP contribution in [0.1, 0.15) is 64.1 Å². The van der Waals surface area contributed by atoms with E-state index in [4.69, 9.17) is 10.5 Å². The number of nitrogens with two attached hydrogens (primary N) is 1. The number of carbonyl (C=O) groups is 3. The zero-order chi connectivity index (χ0) is 50.5. The number of likely N-dealkylation sites (tertiary alicyclic amines) is 1. The van der Waals surface area contributed by atoms with E-state index in [1.807, 2.05) is 87.9 Å². The number of thiazole rings is 1. The fourth-order valence-corrected chi connectivity index (χ4v) is 11.4. The van der Waals surface area contributed by atoms with Crippen LogP contribution in [0.3, 0.4) is 0 Å². The molecule has 72 heavy (non-hydrogen) atoms. The van der Waals surface area contributed by atoms with E-state index in [9.17, 15) is 24.6 Å². The van der Waals surface area contributed by atoms with Crippen LogP contribution in [0.2, 0.25) is 0 Å². The van der Waals surface area contributed by atoms with Crippen molar-refractivity contribution in [1.82, 2.24) is 45.5 Å². The number of pyridine rings is 1. The van der Waals surface area contributed by atoms with Crippen molar-refractivity contribution in [3.63, 3.8) is 0 Å². The highest BCUT2D eigenvalue weighted by Gasteiger charge is 2.45. The molecule has 2 bridgehead atoms. The zero-order valence-electron chi connectivity index (χ0n) is 41.7. The molecule has 4 saturated heterocycles. The van der Waals surface area contributed by atoms with Crippen LogP contribution in [-0.4, -0.2) is 159 Å². The van der Waals surface area contributed by atoms with Gasteiger partial charge in [-0.1, -0.05) is 57.2 Å². The minimum atomic E-state index is -0.869. The third-order valence-electron chi connectivity index (χ3n) is 14.5. The van der Waals surface area contributed by atoms with Crippen LogP contribution in [0.5, 0.6) is 11.6 Å². The number of benzene rings is 2. The number of para-hydroxylation sites is 1. The number of aromatic nitrogens is 4. The van der Waals surface area contributed by atoms with Crippen LogP contribution >= 0.6 is 11.3 Å². The van der Waals surface area contributed by atoms with Gasteiger partial charge >= 0.3 is 0 Å². The standard InChI is InChI=1S/C53H68N12O6S/c1-34-48(72-33-57-34)36-13-11-35(12-14-36)29-56-51(69)44-27-40(66)32-64(44)52(70)49(53(2,3)4)58-46(68)10-7-19-61-20-22-62(23-21-61)24-25-71-47-26-37(17-18-55-47)65-38-15-16-39(65)31-63(30-38)43-28-42(59-60-50(43)54)41-8-5-6-9-45(41)67/h5-6,8-9,11-14,17-18,26,28,33,38-40,44,49,66-67H,7,10,15-16,19-25,27,29-32H2,1-4H3,(H2,54,60)(H,56,69)(H,58,68)/t38-,39+,40-,44+,49-/m1/s1. The summed E-state index contributed by atoms with van der Waals surface area (Å²) in [6.07, 6.45) is 4.15. The van der Waals surface area contributed by atoms with Gasteiger partial charge < -0.3 is 50.9 Å². The highest BCUT2D eigenvalue weighted by Crippen LogP contribution is 2.40. The van der Waals surface area contributed by atoms with Crippen LogP contribution in [0, 0.1) is 12.3 Å². The van der Waals surface area contributed by atoms with E-state index < -0.39 is 23.6 Å². The number of β-amino-alcohol motifs (C(OH)–C–C–N with tert-alkyl or cyclic N) is 1. The smallest absolute Gasteiger partial charge is 0.246 e. The second kappa shape index (κ2) is 22.1. The highest BCUT2D eigenvalue weighted by molar-refractivity contribution is 7.13. The van der Waals surface area contributed by atoms with Gasteiger partial charge in [-0.25, -0.2) is 9.97 Å². The number of nitrogens with zero attached hydrogens (tertiary/aromatic N) is 9. The molecule has 0 spiro atoms.